The van der Waals surface area contributed by atoms with Crippen LogP contribution in [0.5, 0.6) is 0 Å². The summed E-state index contributed by atoms with van der Waals surface area (Å²) in [5, 5.41) is 14.4. The summed E-state index contributed by atoms with van der Waals surface area (Å²) in [5.41, 5.74) is -0.397. The predicted octanol–water partition coefficient (Wildman–Crippen LogP) is 2.44. The Morgan fingerprint density at radius 3 is 2.62 bits per heavy atom. The third-order valence-corrected chi connectivity index (χ3v) is 2.93. The molecule has 0 spiro atoms. The second-order valence-electron chi connectivity index (χ2n) is 4.04. The zero-order valence-corrected chi connectivity index (χ0v) is 8.93. The molecule has 6 nitrogen and oxygen atoms in total. The summed E-state index contributed by atoms with van der Waals surface area (Å²) >= 11 is 0. The van der Waals surface area contributed by atoms with Crippen molar-refractivity contribution in [1.82, 2.24) is 5.16 Å². The van der Waals surface area contributed by atoms with E-state index in [4.69, 9.17) is 4.52 Å². The maximum absolute atomic E-state index is 11.2. The minimum atomic E-state index is -0.569. The van der Waals surface area contributed by atoms with Gasteiger partial charge in [0.25, 0.3) is 0 Å². The molecule has 1 aliphatic carbocycles. The summed E-state index contributed by atoms with van der Waals surface area (Å²) in [4.78, 5) is 21.5. The highest BCUT2D eigenvalue weighted by molar-refractivity contribution is 5.96. The first kappa shape index (κ1) is 10.8. The minimum Gasteiger partial charge on any atom is -0.353 e. The number of carbonyl (C=O) groups excluding carboxylic acids is 1. The molecule has 0 saturated heterocycles. The topological polar surface area (TPSA) is 86.2 Å². The highest BCUT2D eigenvalue weighted by Gasteiger charge is 2.35. The van der Waals surface area contributed by atoms with E-state index in [-0.39, 0.29) is 23.1 Å². The highest BCUT2D eigenvalue weighted by atomic mass is 16.6. The molecule has 0 radical (unpaired) electrons. The molecule has 1 saturated carbocycles. The lowest BCUT2D eigenvalue weighted by Gasteiger charge is -2.01. The van der Waals surface area contributed by atoms with Crippen molar-refractivity contribution in [3.8, 4) is 0 Å². The van der Waals surface area contributed by atoms with Crippen LogP contribution in [0.2, 0.25) is 0 Å². The van der Waals surface area contributed by atoms with E-state index in [0.29, 0.717) is 0 Å². The van der Waals surface area contributed by atoms with Gasteiger partial charge in [0.2, 0.25) is 11.5 Å². The lowest BCUT2D eigenvalue weighted by molar-refractivity contribution is -0.386. The third-order valence-electron chi connectivity index (χ3n) is 2.93. The Hall–Kier alpha value is -1.72. The lowest BCUT2D eigenvalue weighted by Crippen LogP contribution is -2.01. The van der Waals surface area contributed by atoms with Crippen molar-refractivity contribution in [3.63, 3.8) is 0 Å². The number of nitrogens with zero attached hydrogens (tertiary/aromatic N) is 2. The average molecular weight is 224 g/mol. The fourth-order valence-electron chi connectivity index (χ4n) is 2.16. The van der Waals surface area contributed by atoms with E-state index in [1.165, 1.54) is 6.92 Å². The number of carbonyl (C=O) groups is 1. The van der Waals surface area contributed by atoms with Gasteiger partial charge in [-0.25, -0.2) is 0 Å². The van der Waals surface area contributed by atoms with Crippen LogP contribution in [0.25, 0.3) is 0 Å². The van der Waals surface area contributed by atoms with Crippen LogP contribution >= 0.6 is 0 Å². The van der Waals surface area contributed by atoms with Gasteiger partial charge >= 0.3 is 5.69 Å². The normalized spacial score (nSPS) is 16.6. The summed E-state index contributed by atoms with van der Waals surface area (Å²) in [6.07, 6.45) is 3.82. The van der Waals surface area contributed by atoms with Gasteiger partial charge in [0.05, 0.1) is 4.92 Å². The number of hydrogen-bond acceptors (Lipinski definition) is 5. The molecular weight excluding hydrogens is 212 g/mol. The van der Waals surface area contributed by atoms with E-state index in [1.807, 2.05) is 0 Å². The molecule has 1 aromatic heterocycles. The van der Waals surface area contributed by atoms with E-state index in [2.05, 4.69) is 5.16 Å². The van der Waals surface area contributed by atoms with Crippen molar-refractivity contribution in [3.05, 3.63) is 21.6 Å². The minimum absolute atomic E-state index is 0.0426. The summed E-state index contributed by atoms with van der Waals surface area (Å²) in [6, 6.07) is 0. The Labute approximate surface area is 91.8 Å². The molecule has 16 heavy (non-hydrogen) atoms. The molecule has 0 N–H and O–H groups in total. The van der Waals surface area contributed by atoms with Crippen LogP contribution in [0.1, 0.15) is 54.8 Å². The van der Waals surface area contributed by atoms with Crippen LogP contribution < -0.4 is 0 Å². The smallest absolute Gasteiger partial charge is 0.342 e. The molecule has 0 atom stereocenters. The molecule has 0 unspecified atom stereocenters. The average Bonchev–Trinajstić information content (AvgIpc) is 2.85. The second kappa shape index (κ2) is 4.03. The quantitative estimate of drug-likeness (QED) is 0.447. The zero-order valence-electron chi connectivity index (χ0n) is 8.93. The van der Waals surface area contributed by atoms with Gasteiger partial charge in [-0.1, -0.05) is 18.0 Å². The van der Waals surface area contributed by atoms with E-state index in [9.17, 15) is 14.9 Å². The van der Waals surface area contributed by atoms with Gasteiger partial charge < -0.3 is 4.52 Å². The first-order valence-electron chi connectivity index (χ1n) is 5.26. The SMILES string of the molecule is CC(=O)c1noc(C2CCCC2)c1[N+](=O)[O-]. The predicted molar refractivity (Wildman–Crippen MR) is 54.4 cm³/mol. The van der Waals surface area contributed by atoms with Gasteiger partial charge in [0.15, 0.2) is 5.78 Å². The maximum atomic E-state index is 11.2. The molecule has 1 aromatic rings. The maximum Gasteiger partial charge on any atom is 0.342 e. The molecule has 1 heterocycles. The van der Waals surface area contributed by atoms with E-state index >= 15 is 0 Å². The van der Waals surface area contributed by atoms with Crippen LogP contribution in [0.4, 0.5) is 5.69 Å². The Balaban J connectivity index is 2.45. The molecule has 1 aliphatic rings. The highest BCUT2D eigenvalue weighted by Crippen LogP contribution is 2.39. The number of ketones is 1. The second-order valence-corrected chi connectivity index (χ2v) is 4.04. The molecule has 6 heteroatoms. The molecule has 0 bridgehead atoms. The van der Waals surface area contributed by atoms with Crippen LogP contribution in [-0.4, -0.2) is 15.9 Å². The monoisotopic (exact) mass is 224 g/mol. The third kappa shape index (κ3) is 1.70. The van der Waals surface area contributed by atoms with Gasteiger partial charge in [-0.3, -0.25) is 14.9 Å². The van der Waals surface area contributed by atoms with Gasteiger partial charge in [-0.15, -0.1) is 0 Å². The Kier molecular flexibility index (Phi) is 2.72. The number of nitro groups is 1. The largest absolute Gasteiger partial charge is 0.353 e. The summed E-state index contributed by atoms with van der Waals surface area (Å²) in [5.74, 6) is -0.117. The summed E-state index contributed by atoms with van der Waals surface area (Å²) in [7, 11) is 0. The number of rotatable bonds is 3. The van der Waals surface area contributed by atoms with Crippen LogP contribution in [0, 0.1) is 10.1 Å². The van der Waals surface area contributed by atoms with E-state index < -0.39 is 10.7 Å². The van der Waals surface area contributed by atoms with Crippen molar-refractivity contribution in [2.75, 3.05) is 0 Å². The van der Waals surface area contributed by atoms with Gasteiger partial charge in [0.1, 0.15) is 0 Å². The first-order valence-corrected chi connectivity index (χ1v) is 5.26. The van der Waals surface area contributed by atoms with Crippen molar-refractivity contribution in [1.29, 1.82) is 0 Å². The zero-order chi connectivity index (χ0) is 11.7. The van der Waals surface area contributed by atoms with E-state index in [0.717, 1.165) is 25.7 Å². The van der Waals surface area contributed by atoms with Crippen molar-refractivity contribution < 1.29 is 14.2 Å². The van der Waals surface area contributed by atoms with Crippen molar-refractivity contribution in [2.45, 2.75) is 38.5 Å². The number of aromatic nitrogens is 1. The summed E-state index contributed by atoms with van der Waals surface area (Å²) in [6.45, 7) is 1.25. The first-order chi connectivity index (χ1) is 7.61. The molecule has 1 fully saturated rings. The standard InChI is InChI=1S/C10H12N2O4/c1-6(13)8-9(12(14)15)10(16-11-8)7-4-2-3-5-7/h7H,2-5H2,1H3. The molecule has 0 aromatic carbocycles. The van der Waals surface area contributed by atoms with Crippen molar-refractivity contribution in [2.24, 2.45) is 0 Å². The number of Topliss-reactive ketones (excluding diaryl/α,β-unsaturated/α-hetero) is 1. The van der Waals surface area contributed by atoms with Crippen LogP contribution in [0.3, 0.4) is 0 Å². The lowest BCUT2D eigenvalue weighted by atomic mass is 10.0. The van der Waals surface area contributed by atoms with Gasteiger partial charge in [0, 0.05) is 12.8 Å². The Bertz CT molecular complexity index is 432. The van der Waals surface area contributed by atoms with Crippen LogP contribution in [-0.2, 0) is 0 Å². The van der Waals surface area contributed by atoms with Crippen LogP contribution in [0.15, 0.2) is 4.52 Å². The molecule has 0 aliphatic heterocycles. The number of hydrogen-bond donors (Lipinski definition) is 0. The molecule has 86 valence electrons. The molecule has 2 rings (SSSR count). The fourth-order valence-corrected chi connectivity index (χ4v) is 2.16. The fraction of sp³-hybridized carbons (Fsp3) is 0.600. The van der Waals surface area contributed by atoms with Crippen molar-refractivity contribution >= 4 is 11.5 Å². The van der Waals surface area contributed by atoms with Gasteiger partial charge in [-0.2, -0.15) is 0 Å². The summed E-state index contributed by atoms with van der Waals surface area (Å²) < 4.78 is 4.99. The molecular formula is C10H12N2O4. The Morgan fingerprint density at radius 1 is 1.50 bits per heavy atom. The Morgan fingerprint density at radius 2 is 2.12 bits per heavy atom. The van der Waals surface area contributed by atoms with E-state index in [1.54, 1.807) is 0 Å². The molecule has 0 amide bonds. The van der Waals surface area contributed by atoms with Gasteiger partial charge in [-0.05, 0) is 12.8 Å².